The van der Waals surface area contributed by atoms with Gasteiger partial charge in [-0.3, -0.25) is 14.5 Å². The number of hydrogen-bond acceptors (Lipinski definition) is 4. The standard InChI is InChI=1S/C19H27N3O3S/c1-3-14-7-9-19(10-8-14)17(24)22(18(25)20-19)13-16(23)21(4-2)12-15-6-5-11-26-15/h5-6,11,14H,3-4,7-10,12-13H2,1-2H3,(H,20,25). The molecule has 142 valence electrons. The van der Waals surface area contributed by atoms with Gasteiger partial charge in [0.05, 0.1) is 6.54 Å². The number of thiophene rings is 1. The van der Waals surface area contributed by atoms with E-state index in [-0.39, 0.29) is 18.4 Å². The Morgan fingerprint density at radius 2 is 2.08 bits per heavy atom. The van der Waals surface area contributed by atoms with Gasteiger partial charge in [0.1, 0.15) is 12.1 Å². The van der Waals surface area contributed by atoms with Gasteiger partial charge in [-0.15, -0.1) is 11.3 Å². The molecule has 0 atom stereocenters. The molecule has 1 aromatic heterocycles. The molecule has 26 heavy (non-hydrogen) atoms. The fourth-order valence-electron chi connectivity index (χ4n) is 3.94. The molecule has 1 aromatic rings. The van der Waals surface area contributed by atoms with Crippen molar-refractivity contribution in [3.63, 3.8) is 0 Å². The van der Waals surface area contributed by atoms with Crippen molar-refractivity contribution in [1.82, 2.24) is 15.1 Å². The Labute approximate surface area is 158 Å². The zero-order valence-electron chi connectivity index (χ0n) is 15.5. The number of urea groups is 1. The monoisotopic (exact) mass is 377 g/mol. The maximum absolute atomic E-state index is 12.9. The molecule has 0 radical (unpaired) electrons. The summed E-state index contributed by atoms with van der Waals surface area (Å²) in [5.74, 6) is 0.212. The van der Waals surface area contributed by atoms with Gasteiger partial charge in [-0.05, 0) is 50.0 Å². The van der Waals surface area contributed by atoms with E-state index in [2.05, 4.69) is 12.2 Å². The Hall–Kier alpha value is -1.89. The topological polar surface area (TPSA) is 69.7 Å². The second-order valence-corrected chi connectivity index (χ2v) is 8.27. The Morgan fingerprint density at radius 1 is 1.35 bits per heavy atom. The van der Waals surface area contributed by atoms with E-state index in [1.54, 1.807) is 16.2 Å². The SMILES string of the molecule is CCC1CCC2(CC1)NC(=O)N(CC(=O)N(CC)Cc1cccs1)C2=O. The average molecular weight is 378 g/mol. The first-order chi connectivity index (χ1) is 12.5. The minimum atomic E-state index is -0.784. The van der Waals surface area contributed by atoms with Gasteiger partial charge >= 0.3 is 6.03 Å². The molecule has 2 aliphatic rings. The van der Waals surface area contributed by atoms with Crippen LogP contribution in [0.1, 0.15) is 50.8 Å². The Morgan fingerprint density at radius 3 is 2.65 bits per heavy atom. The van der Waals surface area contributed by atoms with Crippen molar-refractivity contribution in [1.29, 1.82) is 0 Å². The van der Waals surface area contributed by atoms with Crippen LogP contribution >= 0.6 is 11.3 Å². The summed E-state index contributed by atoms with van der Waals surface area (Å²) in [6.45, 7) is 4.95. The van der Waals surface area contributed by atoms with E-state index in [4.69, 9.17) is 0 Å². The molecule has 0 unspecified atom stereocenters. The summed E-state index contributed by atoms with van der Waals surface area (Å²) >= 11 is 1.59. The molecule has 2 heterocycles. The van der Waals surface area contributed by atoms with Crippen LogP contribution in [-0.4, -0.2) is 46.3 Å². The molecule has 6 nitrogen and oxygen atoms in total. The minimum Gasteiger partial charge on any atom is -0.336 e. The molecule has 4 amide bonds. The fraction of sp³-hybridized carbons (Fsp3) is 0.632. The quantitative estimate of drug-likeness (QED) is 0.775. The molecule has 2 fully saturated rings. The lowest BCUT2D eigenvalue weighted by Crippen LogP contribution is -2.50. The van der Waals surface area contributed by atoms with Gasteiger partial charge in [-0.2, -0.15) is 0 Å². The zero-order chi connectivity index (χ0) is 18.7. The van der Waals surface area contributed by atoms with Crippen molar-refractivity contribution < 1.29 is 14.4 Å². The summed E-state index contributed by atoms with van der Waals surface area (Å²) in [4.78, 5) is 41.9. The van der Waals surface area contributed by atoms with Crippen LogP contribution in [0.5, 0.6) is 0 Å². The van der Waals surface area contributed by atoms with E-state index < -0.39 is 11.6 Å². The van der Waals surface area contributed by atoms with E-state index in [0.29, 0.717) is 31.8 Å². The maximum Gasteiger partial charge on any atom is 0.325 e. The second kappa shape index (κ2) is 7.78. The maximum atomic E-state index is 12.9. The van der Waals surface area contributed by atoms with Gasteiger partial charge < -0.3 is 10.2 Å². The van der Waals surface area contributed by atoms with Crippen LogP contribution in [0, 0.1) is 5.92 Å². The third-order valence-electron chi connectivity index (χ3n) is 5.74. The highest BCUT2D eigenvalue weighted by atomic mass is 32.1. The Balaban J connectivity index is 1.64. The number of amides is 4. The highest BCUT2D eigenvalue weighted by molar-refractivity contribution is 7.09. The number of nitrogens with zero attached hydrogens (tertiary/aromatic N) is 2. The third kappa shape index (κ3) is 3.63. The van der Waals surface area contributed by atoms with Gasteiger partial charge in [0, 0.05) is 11.4 Å². The molecule has 1 saturated carbocycles. The van der Waals surface area contributed by atoms with Crippen molar-refractivity contribution in [2.75, 3.05) is 13.1 Å². The van der Waals surface area contributed by atoms with E-state index in [1.165, 1.54) is 0 Å². The van der Waals surface area contributed by atoms with E-state index in [0.717, 1.165) is 29.0 Å². The number of nitrogens with one attached hydrogen (secondary N) is 1. The van der Waals surface area contributed by atoms with Crippen molar-refractivity contribution in [3.8, 4) is 0 Å². The first-order valence-corrected chi connectivity index (χ1v) is 10.3. The largest absolute Gasteiger partial charge is 0.336 e. The number of rotatable bonds is 6. The lowest BCUT2D eigenvalue weighted by molar-refractivity contribution is -0.140. The number of carbonyl (C=O) groups is 3. The molecular formula is C19H27N3O3S. The zero-order valence-corrected chi connectivity index (χ0v) is 16.3. The summed E-state index contributed by atoms with van der Waals surface area (Å²) < 4.78 is 0. The third-order valence-corrected chi connectivity index (χ3v) is 6.60. The lowest BCUT2D eigenvalue weighted by atomic mass is 9.75. The van der Waals surface area contributed by atoms with Crippen LogP contribution in [0.25, 0.3) is 0 Å². The van der Waals surface area contributed by atoms with E-state index >= 15 is 0 Å². The van der Waals surface area contributed by atoms with Crippen LogP contribution in [-0.2, 0) is 16.1 Å². The summed E-state index contributed by atoms with van der Waals surface area (Å²) in [5.41, 5.74) is -0.784. The molecule has 1 spiro atoms. The van der Waals surface area contributed by atoms with E-state index in [9.17, 15) is 14.4 Å². The highest BCUT2D eigenvalue weighted by Gasteiger charge is 2.52. The van der Waals surface area contributed by atoms with Crippen molar-refractivity contribution >= 4 is 29.2 Å². The van der Waals surface area contributed by atoms with Crippen molar-refractivity contribution in [2.24, 2.45) is 5.92 Å². The van der Waals surface area contributed by atoms with Crippen LogP contribution in [0.2, 0.25) is 0 Å². The fourth-order valence-corrected chi connectivity index (χ4v) is 4.66. The van der Waals surface area contributed by atoms with Crippen LogP contribution in [0.4, 0.5) is 4.79 Å². The average Bonchev–Trinajstić information content (AvgIpc) is 3.23. The molecular weight excluding hydrogens is 350 g/mol. The van der Waals surface area contributed by atoms with Gasteiger partial charge in [0.25, 0.3) is 5.91 Å². The van der Waals surface area contributed by atoms with Gasteiger partial charge in [0.15, 0.2) is 0 Å². The number of hydrogen-bond donors (Lipinski definition) is 1. The predicted octanol–water partition coefficient (Wildman–Crippen LogP) is 2.99. The number of imide groups is 1. The van der Waals surface area contributed by atoms with Gasteiger partial charge in [-0.25, -0.2) is 4.79 Å². The highest BCUT2D eigenvalue weighted by Crippen LogP contribution is 2.37. The number of carbonyl (C=O) groups excluding carboxylic acids is 3. The predicted molar refractivity (Wildman–Crippen MR) is 101 cm³/mol. The summed E-state index contributed by atoms with van der Waals surface area (Å²) in [6, 6.07) is 3.51. The van der Waals surface area contributed by atoms with Crippen LogP contribution < -0.4 is 5.32 Å². The summed E-state index contributed by atoms with van der Waals surface area (Å²) in [6.07, 6.45) is 4.35. The molecule has 1 aliphatic heterocycles. The normalized spacial score (nSPS) is 25.6. The van der Waals surface area contributed by atoms with E-state index in [1.807, 2.05) is 24.4 Å². The first-order valence-electron chi connectivity index (χ1n) is 9.43. The number of likely N-dealkylation sites (N-methyl/N-ethyl adjacent to an activating group) is 1. The Kier molecular flexibility index (Phi) is 5.65. The molecule has 0 bridgehead atoms. The molecule has 0 aromatic carbocycles. The first kappa shape index (κ1) is 18.9. The Bertz CT molecular complexity index is 666. The molecule has 7 heteroatoms. The second-order valence-electron chi connectivity index (χ2n) is 7.24. The van der Waals surface area contributed by atoms with Crippen molar-refractivity contribution in [2.45, 2.75) is 58.0 Å². The summed E-state index contributed by atoms with van der Waals surface area (Å²) in [5, 5.41) is 4.86. The van der Waals surface area contributed by atoms with Crippen LogP contribution in [0.15, 0.2) is 17.5 Å². The minimum absolute atomic E-state index is 0.178. The molecule has 1 N–H and O–H groups in total. The lowest BCUT2D eigenvalue weighted by Gasteiger charge is -2.34. The summed E-state index contributed by atoms with van der Waals surface area (Å²) in [7, 11) is 0. The van der Waals surface area contributed by atoms with Gasteiger partial charge in [0.2, 0.25) is 5.91 Å². The molecule has 1 aliphatic carbocycles. The smallest absolute Gasteiger partial charge is 0.325 e. The molecule has 3 rings (SSSR count). The van der Waals surface area contributed by atoms with Crippen molar-refractivity contribution in [3.05, 3.63) is 22.4 Å². The van der Waals surface area contributed by atoms with Gasteiger partial charge in [-0.1, -0.05) is 19.4 Å². The van der Waals surface area contributed by atoms with Crippen LogP contribution in [0.3, 0.4) is 0 Å². The molecule has 1 saturated heterocycles.